The summed E-state index contributed by atoms with van der Waals surface area (Å²) in [5, 5.41) is 2.20. The highest BCUT2D eigenvalue weighted by Crippen LogP contribution is 2.22. The Kier molecular flexibility index (Phi) is 5.95. The van der Waals surface area contributed by atoms with Crippen LogP contribution in [-0.4, -0.2) is 49.8 Å². The van der Waals surface area contributed by atoms with Gasteiger partial charge in [0, 0.05) is 19.5 Å². The Bertz CT molecular complexity index is 519. The summed E-state index contributed by atoms with van der Waals surface area (Å²) < 4.78 is 54.5. The van der Waals surface area contributed by atoms with Crippen molar-refractivity contribution in [2.75, 3.05) is 32.8 Å². The Morgan fingerprint density at radius 1 is 1.30 bits per heavy atom. The smallest absolute Gasteiger partial charge is 0.370 e. The summed E-state index contributed by atoms with van der Waals surface area (Å²) in [6, 6.07) is 5.83. The van der Waals surface area contributed by atoms with Gasteiger partial charge in [-0.2, -0.15) is 13.2 Å². The van der Waals surface area contributed by atoms with Crippen LogP contribution in [-0.2, 0) is 9.53 Å². The minimum atomic E-state index is -4.28. The van der Waals surface area contributed by atoms with Crippen LogP contribution < -0.4 is 5.32 Å². The number of carbonyl (C=O) groups is 1. The summed E-state index contributed by atoms with van der Waals surface area (Å²) in [6.07, 6.45) is -4.64. The van der Waals surface area contributed by atoms with E-state index in [0.717, 1.165) is 5.56 Å². The van der Waals surface area contributed by atoms with E-state index in [4.69, 9.17) is 4.74 Å². The van der Waals surface area contributed by atoms with Gasteiger partial charge in [0.15, 0.2) is 0 Å². The van der Waals surface area contributed by atoms with Crippen LogP contribution in [0.2, 0.25) is 0 Å². The van der Waals surface area contributed by atoms with E-state index in [9.17, 15) is 22.4 Å². The quantitative estimate of drug-likeness (QED) is 0.663. The van der Waals surface area contributed by atoms with Crippen molar-refractivity contribution in [3.8, 4) is 0 Å². The Morgan fingerprint density at radius 2 is 2.00 bits per heavy atom. The summed E-state index contributed by atoms with van der Waals surface area (Å²) in [5.41, 5.74) is 0.763. The van der Waals surface area contributed by atoms with Gasteiger partial charge in [-0.15, -0.1) is 0 Å². The summed E-state index contributed by atoms with van der Waals surface area (Å²) in [6.45, 7) is -0.0954. The number of hydrogen-bond acceptors (Lipinski definition) is 3. The predicted octanol–water partition coefficient (Wildman–Crippen LogP) is 2.27. The fourth-order valence-corrected chi connectivity index (χ4v) is 2.34. The van der Waals surface area contributed by atoms with E-state index in [-0.39, 0.29) is 30.8 Å². The van der Waals surface area contributed by atoms with E-state index in [1.807, 2.05) is 0 Å². The number of amides is 1. The van der Waals surface area contributed by atoms with Gasteiger partial charge in [0.25, 0.3) is 0 Å². The molecule has 1 fully saturated rings. The van der Waals surface area contributed by atoms with E-state index in [1.54, 1.807) is 17.0 Å². The molecule has 1 aliphatic rings. The van der Waals surface area contributed by atoms with Crippen molar-refractivity contribution in [1.29, 1.82) is 0 Å². The molecule has 8 heteroatoms. The van der Waals surface area contributed by atoms with Gasteiger partial charge in [-0.05, 0) is 17.7 Å². The number of benzene rings is 1. The second-order valence-corrected chi connectivity index (χ2v) is 5.29. The predicted molar refractivity (Wildman–Crippen MR) is 75.2 cm³/mol. The van der Waals surface area contributed by atoms with Gasteiger partial charge in [-0.1, -0.05) is 12.1 Å². The third-order valence-electron chi connectivity index (χ3n) is 3.50. The van der Waals surface area contributed by atoms with E-state index in [1.165, 1.54) is 12.1 Å². The summed E-state index contributed by atoms with van der Waals surface area (Å²) in [4.78, 5) is 13.6. The van der Waals surface area contributed by atoms with Crippen LogP contribution in [0.4, 0.5) is 17.6 Å². The van der Waals surface area contributed by atoms with E-state index >= 15 is 0 Å². The first-order chi connectivity index (χ1) is 10.8. The third-order valence-corrected chi connectivity index (χ3v) is 3.50. The molecule has 1 saturated heterocycles. The highest BCUT2D eigenvalue weighted by Gasteiger charge is 2.27. The first kappa shape index (κ1) is 17.7. The summed E-state index contributed by atoms with van der Waals surface area (Å²) in [5.74, 6) is -0.580. The fourth-order valence-electron chi connectivity index (χ4n) is 2.34. The Hall–Kier alpha value is -1.67. The van der Waals surface area contributed by atoms with Gasteiger partial charge in [-0.25, -0.2) is 4.39 Å². The molecular formula is C15H18F4N2O2. The maximum Gasteiger partial charge on any atom is 0.401 e. The monoisotopic (exact) mass is 334 g/mol. The molecule has 0 bridgehead atoms. The second kappa shape index (κ2) is 7.74. The number of carbonyl (C=O) groups excluding carboxylic acids is 1. The van der Waals surface area contributed by atoms with E-state index in [0.29, 0.717) is 19.7 Å². The van der Waals surface area contributed by atoms with Crippen molar-refractivity contribution in [3.05, 3.63) is 35.6 Å². The second-order valence-electron chi connectivity index (χ2n) is 5.29. The maximum atomic E-state index is 12.9. The first-order valence-electron chi connectivity index (χ1n) is 7.27. The van der Waals surface area contributed by atoms with Crippen LogP contribution in [0.5, 0.6) is 0 Å². The lowest BCUT2D eigenvalue weighted by molar-refractivity contribution is -0.140. The van der Waals surface area contributed by atoms with Crippen LogP contribution >= 0.6 is 0 Å². The molecule has 1 N–H and O–H groups in total. The maximum absolute atomic E-state index is 12.9. The molecule has 0 aromatic heterocycles. The molecule has 0 radical (unpaired) electrons. The van der Waals surface area contributed by atoms with Gasteiger partial charge in [-0.3, -0.25) is 4.79 Å². The lowest BCUT2D eigenvalue weighted by atomic mass is 10.1. The molecule has 23 heavy (non-hydrogen) atoms. The average molecular weight is 334 g/mol. The van der Waals surface area contributed by atoms with Crippen molar-refractivity contribution >= 4 is 5.91 Å². The van der Waals surface area contributed by atoms with Crippen LogP contribution in [0, 0.1) is 5.82 Å². The summed E-state index contributed by atoms with van der Waals surface area (Å²) >= 11 is 0. The number of alkyl halides is 3. The molecule has 0 aliphatic carbocycles. The Balaban J connectivity index is 1.81. The van der Waals surface area contributed by atoms with Crippen molar-refractivity contribution in [3.63, 3.8) is 0 Å². The highest BCUT2D eigenvalue weighted by atomic mass is 19.4. The molecule has 0 saturated carbocycles. The van der Waals surface area contributed by atoms with Crippen molar-refractivity contribution < 1.29 is 27.1 Å². The topological polar surface area (TPSA) is 41.6 Å². The Labute approximate surface area is 131 Å². The number of halogens is 4. The van der Waals surface area contributed by atoms with Crippen LogP contribution in [0.1, 0.15) is 18.1 Å². The summed E-state index contributed by atoms with van der Waals surface area (Å²) in [7, 11) is 0. The molecule has 1 amide bonds. The van der Waals surface area contributed by atoms with E-state index in [2.05, 4.69) is 5.32 Å². The standard InChI is InChI=1S/C15H18F4N2O2/c16-12-3-1-11(2-4-12)13-9-21(7-8-23-13)14(22)5-6-20-10-15(17,18)19/h1-4,13,20H,5-10H2/t13-/m1/s1. The van der Waals surface area contributed by atoms with E-state index < -0.39 is 12.7 Å². The number of nitrogens with zero attached hydrogens (tertiary/aromatic N) is 1. The lowest BCUT2D eigenvalue weighted by Crippen LogP contribution is -2.43. The van der Waals surface area contributed by atoms with Crippen molar-refractivity contribution in [2.24, 2.45) is 0 Å². The first-order valence-corrected chi connectivity index (χ1v) is 7.27. The molecule has 0 spiro atoms. The molecular weight excluding hydrogens is 316 g/mol. The van der Waals surface area contributed by atoms with Gasteiger partial charge in [0.2, 0.25) is 5.91 Å². The van der Waals surface area contributed by atoms with Crippen LogP contribution in [0.3, 0.4) is 0 Å². The molecule has 2 rings (SSSR count). The minimum absolute atomic E-state index is 0.00772. The molecule has 1 heterocycles. The zero-order valence-electron chi connectivity index (χ0n) is 12.4. The molecule has 1 atom stereocenters. The molecule has 4 nitrogen and oxygen atoms in total. The fraction of sp³-hybridized carbons (Fsp3) is 0.533. The van der Waals surface area contributed by atoms with Crippen molar-refractivity contribution in [2.45, 2.75) is 18.7 Å². The van der Waals surface area contributed by atoms with Gasteiger partial charge < -0.3 is 15.0 Å². The highest BCUT2D eigenvalue weighted by molar-refractivity contribution is 5.76. The van der Waals surface area contributed by atoms with Crippen LogP contribution in [0.15, 0.2) is 24.3 Å². The molecule has 128 valence electrons. The Morgan fingerprint density at radius 3 is 2.65 bits per heavy atom. The average Bonchev–Trinajstić information content (AvgIpc) is 2.51. The SMILES string of the molecule is O=C(CCNCC(F)(F)F)N1CCO[C@@H](c2ccc(F)cc2)C1. The minimum Gasteiger partial charge on any atom is -0.370 e. The normalized spacial score (nSPS) is 19.0. The van der Waals surface area contributed by atoms with Crippen molar-refractivity contribution in [1.82, 2.24) is 10.2 Å². The molecule has 1 aromatic rings. The molecule has 0 unspecified atom stereocenters. The molecule has 1 aliphatic heterocycles. The number of hydrogen-bond donors (Lipinski definition) is 1. The van der Waals surface area contributed by atoms with Gasteiger partial charge in [0.1, 0.15) is 11.9 Å². The zero-order chi connectivity index (χ0) is 16.9. The lowest BCUT2D eigenvalue weighted by Gasteiger charge is -2.33. The number of morpholine rings is 1. The zero-order valence-corrected chi connectivity index (χ0v) is 12.4. The number of rotatable bonds is 5. The number of ether oxygens (including phenoxy) is 1. The van der Waals surface area contributed by atoms with Gasteiger partial charge in [0.05, 0.1) is 19.7 Å². The molecule has 1 aromatic carbocycles. The number of nitrogens with one attached hydrogen (secondary N) is 1. The largest absolute Gasteiger partial charge is 0.401 e. The van der Waals surface area contributed by atoms with Gasteiger partial charge >= 0.3 is 6.18 Å². The van der Waals surface area contributed by atoms with Crippen LogP contribution in [0.25, 0.3) is 0 Å². The third kappa shape index (κ3) is 5.80.